The molecule has 1 aromatic carbocycles. The molecule has 4 rings (SSSR count). The Bertz CT molecular complexity index is 1350. The summed E-state index contributed by atoms with van der Waals surface area (Å²) in [6, 6.07) is 6.40. The molecule has 0 aliphatic carbocycles. The number of nitrogens with zero attached hydrogens (tertiary/aromatic N) is 5. The number of urea groups is 1. The number of hydrogen-bond donors (Lipinski definition) is 2. The number of hydrazine groups is 1. The van der Waals surface area contributed by atoms with E-state index < -0.39 is 29.7 Å². The van der Waals surface area contributed by atoms with Gasteiger partial charge in [0, 0.05) is 31.5 Å². The van der Waals surface area contributed by atoms with Crippen molar-refractivity contribution in [2.45, 2.75) is 24.8 Å². The molecule has 3 amide bonds. The van der Waals surface area contributed by atoms with E-state index in [1.165, 1.54) is 13.2 Å². The number of amides is 3. The first kappa shape index (κ1) is 30.5. The van der Waals surface area contributed by atoms with Crippen molar-refractivity contribution in [3.05, 3.63) is 76.8 Å². The zero-order valence-electron chi connectivity index (χ0n) is 23.2. The fourth-order valence-corrected chi connectivity index (χ4v) is 5.24. The van der Waals surface area contributed by atoms with Gasteiger partial charge in [0.25, 0.3) is 0 Å². The van der Waals surface area contributed by atoms with Crippen molar-refractivity contribution in [3.8, 4) is 0 Å². The highest BCUT2D eigenvalue weighted by atomic mass is 19.2. The first-order chi connectivity index (χ1) is 20.3. The molecular formula is C28H32F2N6O6. The standard InChI is InChI=1S/C28H32F2N6O6/c1-41-16-24-25(27(38)42-2)26(19-6-7-21(29)22(30)13-19)36(28(39)32-24)35(17-37)15-20(33-40)14-34-11-8-18(9-12-34)23-5-3-4-10-31-23/h3-7,10,13,17-18,26,40H,8-9,11-12,14-16H2,1-2H3,(H,32,39). The number of esters is 1. The molecule has 0 bridgehead atoms. The van der Waals surface area contributed by atoms with Crippen LogP contribution in [0.5, 0.6) is 0 Å². The molecule has 1 atom stereocenters. The van der Waals surface area contributed by atoms with E-state index in [4.69, 9.17) is 9.47 Å². The van der Waals surface area contributed by atoms with Crippen molar-refractivity contribution in [3.63, 3.8) is 0 Å². The third-order valence-corrected chi connectivity index (χ3v) is 7.25. The Balaban J connectivity index is 1.59. The number of carbonyl (C=O) groups excluding carboxylic acids is 3. The molecule has 1 unspecified atom stereocenters. The summed E-state index contributed by atoms with van der Waals surface area (Å²) >= 11 is 0. The fourth-order valence-electron chi connectivity index (χ4n) is 5.24. The summed E-state index contributed by atoms with van der Waals surface area (Å²) in [7, 11) is 2.46. The van der Waals surface area contributed by atoms with Crippen LogP contribution in [0, 0.1) is 11.6 Å². The summed E-state index contributed by atoms with van der Waals surface area (Å²) < 4.78 is 38.3. The minimum absolute atomic E-state index is 0.0105. The van der Waals surface area contributed by atoms with Gasteiger partial charge < -0.3 is 20.0 Å². The molecule has 0 spiro atoms. The third-order valence-electron chi connectivity index (χ3n) is 7.25. The van der Waals surface area contributed by atoms with E-state index >= 15 is 0 Å². The van der Waals surface area contributed by atoms with Crippen LogP contribution in [0.3, 0.4) is 0 Å². The maximum Gasteiger partial charge on any atom is 0.341 e. The van der Waals surface area contributed by atoms with Gasteiger partial charge >= 0.3 is 12.0 Å². The molecule has 224 valence electrons. The van der Waals surface area contributed by atoms with Crippen LogP contribution in [0.4, 0.5) is 13.6 Å². The van der Waals surface area contributed by atoms with E-state index in [0.717, 1.165) is 47.8 Å². The number of aromatic nitrogens is 1. The predicted molar refractivity (Wildman–Crippen MR) is 145 cm³/mol. The number of hydrogen-bond acceptors (Lipinski definition) is 9. The number of halogens is 2. The molecule has 14 heteroatoms. The van der Waals surface area contributed by atoms with E-state index in [2.05, 4.69) is 20.4 Å². The van der Waals surface area contributed by atoms with Gasteiger partial charge in [0.2, 0.25) is 6.41 Å². The van der Waals surface area contributed by atoms with Crippen LogP contribution in [0.1, 0.15) is 36.1 Å². The highest BCUT2D eigenvalue weighted by Gasteiger charge is 2.43. The molecule has 12 nitrogen and oxygen atoms in total. The third kappa shape index (κ3) is 6.71. The Kier molecular flexibility index (Phi) is 10.1. The molecule has 2 N–H and O–H groups in total. The van der Waals surface area contributed by atoms with Crippen molar-refractivity contribution in [1.29, 1.82) is 0 Å². The van der Waals surface area contributed by atoms with Gasteiger partial charge in [0.15, 0.2) is 11.6 Å². The maximum atomic E-state index is 14.4. The Hall–Kier alpha value is -4.43. The molecule has 0 radical (unpaired) electrons. The second-order valence-corrected chi connectivity index (χ2v) is 9.84. The number of ether oxygens (including phenoxy) is 2. The number of oxime groups is 1. The summed E-state index contributed by atoms with van der Waals surface area (Å²) in [6.45, 7) is 0.984. The van der Waals surface area contributed by atoms with Crippen molar-refractivity contribution < 1.29 is 37.8 Å². The van der Waals surface area contributed by atoms with E-state index in [0.29, 0.717) is 25.4 Å². The van der Waals surface area contributed by atoms with Crippen LogP contribution in [-0.4, -0.2) is 96.2 Å². The van der Waals surface area contributed by atoms with Crippen LogP contribution < -0.4 is 5.32 Å². The molecule has 1 aromatic heterocycles. The van der Waals surface area contributed by atoms with Gasteiger partial charge in [-0.25, -0.2) is 28.4 Å². The van der Waals surface area contributed by atoms with Gasteiger partial charge in [-0.15, -0.1) is 0 Å². The number of likely N-dealkylation sites (tertiary alicyclic amines) is 1. The number of methoxy groups -OCH3 is 2. The second-order valence-electron chi connectivity index (χ2n) is 9.84. The first-order valence-electron chi connectivity index (χ1n) is 13.2. The van der Waals surface area contributed by atoms with Crippen LogP contribution in [-0.2, 0) is 19.1 Å². The summed E-state index contributed by atoms with van der Waals surface area (Å²) in [5.74, 6) is -2.96. The van der Waals surface area contributed by atoms with Crippen molar-refractivity contribution in [2.75, 3.05) is 47.0 Å². The Morgan fingerprint density at radius 3 is 2.57 bits per heavy atom. The molecule has 0 saturated carbocycles. The Labute approximate surface area is 241 Å². The van der Waals surface area contributed by atoms with Crippen LogP contribution in [0.2, 0.25) is 0 Å². The SMILES string of the molecule is COCC1=C(C(=O)OC)C(c2ccc(F)c(F)c2)N(N(C=O)CC(CN2CCC(c3ccccn3)CC2)=NO)C(=O)N1. The van der Waals surface area contributed by atoms with Gasteiger partial charge in [-0.3, -0.25) is 14.7 Å². The Morgan fingerprint density at radius 1 is 1.21 bits per heavy atom. The van der Waals surface area contributed by atoms with Gasteiger partial charge in [-0.1, -0.05) is 17.3 Å². The number of carbonyl (C=O) groups is 3. The minimum Gasteiger partial charge on any atom is -0.466 e. The smallest absolute Gasteiger partial charge is 0.341 e. The zero-order chi connectivity index (χ0) is 30.2. The normalized spacial score (nSPS) is 18.6. The van der Waals surface area contributed by atoms with E-state index in [1.54, 1.807) is 6.20 Å². The van der Waals surface area contributed by atoms with Gasteiger partial charge in [0.05, 0.1) is 37.2 Å². The molecular weight excluding hydrogens is 554 g/mol. The van der Waals surface area contributed by atoms with E-state index in [9.17, 15) is 28.4 Å². The van der Waals surface area contributed by atoms with Crippen molar-refractivity contribution in [2.24, 2.45) is 5.16 Å². The van der Waals surface area contributed by atoms with Crippen molar-refractivity contribution in [1.82, 2.24) is 25.2 Å². The van der Waals surface area contributed by atoms with Crippen LogP contribution in [0.15, 0.2) is 59.0 Å². The number of rotatable bonds is 11. The number of benzene rings is 1. The minimum atomic E-state index is -1.41. The van der Waals surface area contributed by atoms with E-state index in [-0.39, 0.29) is 42.2 Å². The lowest BCUT2D eigenvalue weighted by Gasteiger charge is -2.42. The van der Waals surface area contributed by atoms with Gasteiger partial charge in [0.1, 0.15) is 6.04 Å². The number of pyridine rings is 1. The molecule has 1 saturated heterocycles. The fraction of sp³-hybridized carbons (Fsp3) is 0.393. The second kappa shape index (κ2) is 14.0. The van der Waals surface area contributed by atoms with Gasteiger partial charge in [-0.05, 0) is 55.8 Å². The lowest BCUT2D eigenvalue weighted by atomic mass is 9.93. The van der Waals surface area contributed by atoms with Crippen molar-refractivity contribution >= 4 is 24.1 Å². The molecule has 2 aromatic rings. The largest absolute Gasteiger partial charge is 0.466 e. The molecule has 2 aliphatic heterocycles. The highest BCUT2D eigenvalue weighted by molar-refractivity contribution is 5.96. The van der Waals surface area contributed by atoms with E-state index in [1.807, 2.05) is 18.2 Å². The topological polar surface area (TPSA) is 137 Å². The van der Waals surface area contributed by atoms with Crippen LogP contribution >= 0.6 is 0 Å². The zero-order valence-corrected chi connectivity index (χ0v) is 23.2. The monoisotopic (exact) mass is 586 g/mol. The summed E-state index contributed by atoms with van der Waals surface area (Å²) in [4.78, 5) is 45.2. The first-order valence-corrected chi connectivity index (χ1v) is 13.2. The average Bonchev–Trinajstić information content (AvgIpc) is 3.01. The summed E-state index contributed by atoms with van der Waals surface area (Å²) in [5.41, 5.74) is 1.03. The predicted octanol–water partition coefficient (Wildman–Crippen LogP) is 2.58. The maximum absolute atomic E-state index is 14.4. The van der Waals surface area contributed by atoms with Crippen LogP contribution in [0.25, 0.3) is 0 Å². The lowest BCUT2D eigenvalue weighted by molar-refractivity contribution is -0.140. The Morgan fingerprint density at radius 2 is 1.98 bits per heavy atom. The number of piperidine rings is 1. The molecule has 2 aliphatic rings. The summed E-state index contributed by atoms with van der Waals surface area (Å²) in [5, 5.41) is 17.5. The van der Waals surface area contributed by atoms with Gasteiger partial charge in [-0.2, -0.15) is 0 Å². The molecule has 1 fully saturated rings. The lowest BCUT2D eigenvalue weighted by Crippen LogP contribution is -2.58. The quantitative estimate of drug-likeness (QED) is 0.135. The highest BCUT2D eigenvalue weighted by Crippen LogP contribution is 2.36. The summed E-state index contributed by atoms with van der Waals surface area (Å²) in [6.07, 6.45) is 3.74. The molecule has 42 heavy (non-hydrogen) atoms. The molecule has 3 heterocycles. The number of nitrogens with one attached hydrogen (secondary N) is 1. The average molecular weight is 587 g/mol.